The summed E-state index contributed by atoms with van der Waals surface area (Å²) in [5.74, 6) is 0.783. The number of aromatic nitrogens is 1. The van der Waals surface area contributed by atoms with E-state index in [-0.39, 0.29) is 6.03 Å². The molecule has 0 N–H and O–H groups in total. The molecule has 116 valence electrons. The Balaban J connectivity index is 2.00. The van der Waals surface area contributed by atoms with Crippen LogP contribution in [-0.2, 0) is 0 Å². The molecule has 0 radical (unpaired) electrons. The Labute approximate surface area is 133 Å². The largest absolute Gasteiger partial charge is 0.497 e. The minimum Gasteiger partial charge on any atom is -0.497 e. The van der Waals surface area contributed by atoms with Gasteiger partial charge in [-0.1, -0.05) is 6.07 Å². The van der Waals surface area contributed by atoms with E-state index in [1.807, 2.05) is 46.9 Å². The first-order chi connectivity index (χ1) is 10.7. The molecule has 1 fully saturated rings. The Morgan fingerprint density at radius 2 is 2.09 bits per heavy atom. The average molecular weight is 317 g/mol. The van der Waals surface area contributed by atoms with E-state index in [0.717, 1.165) is 42.2 Å². The lowest BCUT2D eigenvalue weighted by atomic mass is 10.3. The van der Waals surface area contributed by atoms with Crippen molar-refractivity contribution >= 4 is 17.4 Å². The molecular weight excluding hydrogens is 298 g/mol. The highest BCUT2D eigenvalue weighted by molar-refractivity contribution is 7.09. The lowest BCUT2D eigenvalue weighted by molar-refractivity contribution is 0.218. The molecule has 6 heteroatoms. The van der Waals surface area contributed by atoms with E-state index in [1.54, 1.807) is 7.11 Å². The minimum absolute atomic E-state index is 0.143. The van der Waals surface area contributed by atoms with Crippen molar-refractivity contribution in [3.63, 3.8) is 0 Å². The van der Waals surface area contributed by atoms with Crippen LogP contribution in [-0.4, -0.2) is 35.7 Å². The number of rotatable bonds is 2. The average Bonchev–Trinajstić information content (AvgIpc) is 3.17. The van der Waals surface area contributed by atoms with Gasteiger partial charge in [0.2, 0.25) is 0 Å². The summed E-state index contributed by atoms with van der Waals surface area (Å²) in [6.07, 6.45) is 4.14. The third kappa shape index (κ3) is 3.06. The molecule has 1 aromatic heterocycles. The zero-order chi connectivity index (χ0) is 15.5. The maximum Gasteiger partial charge on any atom is 0.346 e. The van der Waals surface area contributed by atoms with Gasteiger partial charge in [-0.2, -0.15) is 4.99 Å². The molecule has 1 aliphatic rings. The summed E-state index contributed by atoms with van der Waals surface area (Å²) in [5.41, 5.74) is 0.941. The topological polar surface area (TPSA) is 46.8 Å². The van der Waals surface area contributed by atoms with Gasteiger partial charge in [0.05, 0.1) is 12.8 Å². The smallest absolute Gasteiger partial charge is 0.346 e. The maximum absolute atomic E-state index is 12.3. The van der Waals surface area contributed by atoms with Crippen molar-refractivity contribution in [1.29, 1.82) is 0 Å². The Morgan fingerprint density at radius 1 is 1.32 bits per heavy atom. The van der Waals surface area contributed by atoms with Crippen molar-refractivity contribution in [2.75, 3.05) is 20.2 Å². The van der Waals surface area contributed by atoms with Crippen LogP contribution in [0.1, 0.15) is 17.7 Å². The van der Waals surface area contributed by atoms with E-state index in [1.165, 1.54) is 11.3 Å². The second-order valence-electron chi connectivity index (χ2n) is 5.28. The number of nitrogens with zero attached hydrogens (tertiary/aromatic N) is 3. The number of likely N-dealkylation sites (tertiary alicyclic amines) is 1. The van der Waals surface area contributed by atoms with Gasteiger partial charge in [0.1, 0.15) is 5.75 Å². The van der Waals surface area contributed by atoms with Crippen LogP contribution in [0.4, 0.5) is 4.79 Å². The van der Waals surface area contributed by atoms with Crippen LogP contribution in [0.3, 0.4) is 0 Å². The molecule has 0 atom stereocenters. The van der Waals surface area contributed by atoms with Gasteiger partial charge >= 0.3 is 6.03 Å². The van der Waals surface area contributed by atoms with Crippen molar-refractivity contribution in [2.45, 2.75) is 19.8 Å². The highest BCUT2D eigenvalue weighted by Gasteiger charge is 2.17. The molecule has 1 aliphatic heterocycles. The van der Waals surface area contributed by atoms with Gasteiger partial charge in [-0.25, -0.2) is 4.79 Å². The standard InChI is InChI=1S/C16H19N3O2S/c1-12-11-19(13-6-5-7-14(10-13)21-2)16(22-12)17-15(20)18-8-3-4-9-18/h5-7,10-11H,3-4,8-9H2,1-2H3. The lowest BCUT2D eigenvalue weighted by Gasteiger charge is -2.10. The fourth-order valence-electron chi connectivity index (χ4n) is 2.54. The van der Waals surface area contributed by atoms with Crippen LogP contribution in [0.5, 0.6) is 5.75 Å². The van der Waals surface area contributed by atoms with Gasteiger partial charge in [-0.15, -0.1) is 11.3 Å². The van der Waals surface area contributed by atoms with Crippen molar-refractivity contribution in [3.05, 3.63) is 40.1 Å². The summed E-state index contributed by atoms with van der Waals surface area (Å²) >= 11 is 1.52. The third-order valence-electron chi connectivity index (χ3n) is 3.67. The third-order valence-corrected chi connectivity index (χ3v) is 4.57. The Kier molecular flexibility index (Phi) is 4.29. The monoisotopic (exact) mass is 317 g/mol. The summed E-state index contributed by atoms with van der Waals surface area (Å²) < 4.78 is 7.21. The predicted octanol–water partition coefficient (Wildman–Crippen LogP) is 2.97. The summed E-state index contributed by atoms with van der Waals surface area (Å²) in [5, 5.41) is 0. The molecule has 22 heavy (non-hydrogen) atoms. The van der Waals surface area contributed by atoms with Crippen LogP contribution >= 0.6 is 11.3 Å². The Hall–Kier alpha value is -2.08. The molecule has 5 nitrogen and oxygen atoms in total. The summed E-state index contributed by atoms with van der Waals surface area (Å²) in [6.45, 7) is 3.64. The van der Waals surface area contributed by atoms with Crippen LogP contribution in [0, 0.1) is 6.92 Å². The van der Waals surface area contributed by atoms with Crippen molar-refractivity contribution in [2.24, 2.45) is 4.99 Å². The number of ether oxygens (including phenoxy) is 1. The first-order valence-corrected chi connectivity index (χ1v) is 8.16. The zero-order valence-corrected chi connectivity index (χ0v) is 13.6. The molecule has 2 amide bonds. The highest BCUT2D eigenvalue weighted by Crippen LogP contribution is 2.17. The maximum atomic E-state index is 12.3. The first kappa shape index (κ1) is 14.8. The van der Waals surface area contributed by atoms with Gasteiger partial charge in [-0.05, 0) is 31.9 Å². The second kappa shape index (κ2) is 6.36. The van der Waals surface area contributed by atoms with Gasteiger partial charge in [0, 0.05) is 30.2 Å². The lowest BCUT2D eigenvalue weighted by Crippen LogP contribution is -2.27. The molecular formula is C16H19N3O2S. The van der Waals surface area contributed by atoms with Crippen LogP contribution in [0.2, 0.25) is 0 Å². The molecule has 2 heterocycles. The Bertz CT molecular complexity index is 742. The molecule has 0 aliphatic carbocycles. The van der Waals surface area contributed by atoms with E-state index in [4.69, 9.17) is 4.74 Å². The second-order valence-corrected chi connectivity index (χ2v) is 6.50. The van der Waals surface area contributed by atoms with Crippen LogP contribution in [0.15, 0.2) is 35.5 Å². The van der Waals surface area contributed by atoms with E-state index >= 15 is 0 Å². The number of carbonyl (C=O) groups is 1. The van der Waals surface area contributed by atoms with E-state index < -0.39 is 0 Å². The zero-order valence-electron chi connectivity index (χ0n) is 12.8. The van der Waals surface area contributed by atoms with Crippen molar-refractivity contribution < 1.29 is 9.53 Å². The number of amides is 2. The number of carbonyl (C=O) groups excluding carboxylic acids is 1. The van der Waals surface area contributed by atoms with Gasteiger partial charge in [-0.3, -0.25) is 4.57 Å². The first-order valence-electron chi connectivity index (χ1n) is 7.34. The summed E-state index contributed by atoms with van der Waals surface area (Å²) in [7, 11) is 1.64. The van der Waals surface area contributed by atoms with Crippen LogP contribution in [0.25, 0.3) is 5.69 Å². The number of benzene rings is 1. The highest BCUT2D eigenvalue weighted by atomic mass is 32.1. The number of urea groups is 1. The molecule has 0 saturated carbocycles. The minimum atomic E-state index is -0.143. The molecule has 1 aromatic carbocycles. The van der Waals surface area contributed by atoms with Crippen LogP contribution < -0.4 is 9.54 Å². The molecule has 1 saturated heterocycles. The van der Waals surface area contributed by atoms with Gasteiger partial charge in [0.15, 0.2) is 4.80 Å². The SMILES string of the molecule is COc1cccc(-n2cc(C)sc2=NC(=O)N2CCCC2)c1. The van der Waals surface area contributed by atoms with Crippen molar-refractivity contribution in [3.8, 4) is 11.4 Å². The number of aryl methyl sites for hydroxylation is 1. The molecule has 3 rings (SSSR count). The number of methoxy groups -OCH3 is 1. The predicted molar refractivity (Wildman–Crippen MR) is 86.7 cm³/mol. The normalized spacial score (nSPS) is 15.4. The fourth-order valence-corrected chi connectivity index (χ4v) is 3.37. The molecule has 0 unspecified atom stereocenters. The van der Waals surface area contributed by atoms with Gasteiger partial charge < -0.3 is 9.64 Å². The number of hydrogen-bond donors (Lipinski definition) is 0. The number of hydrogen-bond acceptors (Lipinski definition) is 3. The quantitative estimate of drug-likeness (QED) is 0.855. The Morgan fingerprint density at radius 3 is 2.82 bits per heavy atom. The molecule has 0 spiro atoms. The van der Waals surface area contributed by atoms with Crippen molar-refractivity contribution in [1.82, 2.24) is 9.47 Å². The summed E-state index contributed by atoms with van der Waals surface area (Å²) in [4.78, 5) is 20.2. The van der Waals surface area contributed by atoms with E-state index in [9.17, 15) is 4.79 Å². The number of thiazole rings is 1. The fraction of sp³-hybridized carbons (Fsp3) is 0.375. The van der Waals surface area contributed by atoms with E-state index in [2.05, 4.69) is 4.99 Å². The van der Waals surface area contributed by atoms with Gasteiger partial charge in [0.25, 0.3) is 0 Å². The van der Waals surface area contributed by atoms with E-state index in [0.29, 0.717) is 4.80 Å². The molecule has 2 aromatic rings. The summed E-state index contributed by atoms with van der Waals surface area (Å²) in [6, 6.07) is 7.60. The molecule has 0 bridgehead atoms.